The summed E-state index contributed by atoms with van der Waals surface area (Å²) < 4.78 is 36.5. The number of anilines is 1. The van der Waals surface area contributed by atoms with E-state index >= 15 is 0 Å². The molecule has 1 amide bonds. The van der Waals surface area contributed by atoms with Crippen molar-refractivity contribution in [3.05, 3.63) is 92.4 Å². The van der Waals surface area contributed by atoms with E-state index in [1.54, 1.807) is 6.08 Å². The lowest BCUT2D eigenvalue weighted by Crippen LogP contribution is -2.28. The number of thioether (sulfide) groups is 1. The van der Waals surface area contributed by atoms with Crippen LogP contribution in [0.3, 0.4) is 0 Å². The van der Waals surface area contributed by atoms with Crippen LogP contribution in [0.15, 0.2) is 70.5 Å². The second-order valence-corrected chi connectivity index (χ2v) is 11.2. The molecule has 4 rings (SSSR count). The van der Waals surface area contributed by atoms with Crippen LogP contribution in [0.5, 0.6) is 11.5 Å². The van der Waals surface area contributed by atoms with Gasteiger partial charge >= 0.3 is 10.1 Å². The Morgan fingerprint density at radius 2 is 1.78 bits per heavy atom. The average Bonchev–Trinajstić information content (AvgIpc) is 3.12. The van der Waals surface area contributed by atoms with Gasteiger partial charge in [-0.2, -0.15) is 8.42 Å². The molecule has 37 heavy (non-hydrogen) atoms. The quantitative estimate of drug-likeness (QED) is 0.124. The summed E-state index contributed by atoms with van der Waals surface area (Å²) in [5.41, 5.74) is 2.62. The normalized spacial score (nSPS) is 14.8. The van der Waals surface area contributed by atoms with Crippen molar-refractivity contribution >= 4 is 61.8 Å². The maximum absolute atomic E-state index is 13.2. The number of rotatable bonds is 7. The fourth-order valence-corrected chi connectivity index (χ4v) is 6.10. The predicted octanol–water partition coefficient (Wildman–Crippen LogP) is 5.39. The molecule has 0 radical (unpaired) electrons. The summed E-state index contributed by atoms with van der Waals surface area (Å²) in [6.45, 7) is 3.88. The number of hydrogen-bond donors (Lipinski definition) is 0. The first-order chi connectivity index (χ1) is 17.5. The van der Waals surface area contributed by atoms with Crippen LogP contribution < -0.4 is 13.8 Å². The highest BCUT2D eigenvalue weighted by atomic mass is 32.2. The van der Waals surface area contributed by atoms with Gasteiger partial charge in [0.1, 0.15) is 0 Å². The first kappa shape index (κ1) is 26.3. The molecular weight excluding hydrogens is 536 g/mol. The van der Waals surface area contributed by atoms with Gasteiger partial charge in [0.25, 0.3) is 11.6 Å². The zero-order valence-corrected chi connectivity index (χ0v) is 22.3. The topological polar surface area (TPSA) is 116 Å². The Morgan fingerprint density at radius 3 is 2.46 bits per heavy atom. The molecule has 1 aliphatic heterocycles. The second-order valence-electron chi connectivity index (χ2n) is 7.98. The molecule has 0 N–H and O–H groups in total. The SMILES string of the molecule is COc1cc(/C=C2/SC(=S)N(c3ccc(C)cc3C)C2=O)ccc1OS(=O)(=O)c1ccccc1[N+](=O)[O-]. The Hall–Kier alpha value is -3.74. The molecule has 190 valence electrons. The standard InChI is InChI=1S/C25H20N2O7S3/c1-15-8-10-18(16(2)12-15)26-24(28)22(36-25(26)35)14-17-9-11-20(21(13-17)33-3)34-37(31,32)23-7-5-4-6-19(23)27(29)30/h4-14H,1-3H3/b22-14+. The minimum absolute atomic E-state index is 0.0563. The maximum atomic E-state index is 13.2. The van der Waals surface area contributed by atoms with Crippen LogP contribution in [0.4, 0.5) is 11.4 Å². The lowest BCUT2D eigenvalue weighted by atomic mass is 10.1. The van der Waals surface area contributed by atoms with Gasteiger partial charge in [-0.1, -0.05) is 59.9 Å². The number of methoxy groups -OCH3 is 1. The van der Waals surface area contributed by atoms with Crippen LogP contribution in [-0.4, -0.2) is 30.7 Å². The molecule has 0 aliphatic carbocycles. The van der Waals surface area contributed by atoms with Crippen LogP contribution >= 0.6 is 24.0 Å². The summed E-state index contributed by atoms with van der Waals surface area (Å²) in [7, 11) is -3.21. The van der Waals surface area contributed by atoms with E-state index in [1.807, 2.05) is 32.0 Å². The van der Waals surface area contributed by atoms with Gasteiger partial charge in [0.2, 0.25) is 0 Å². The zero-order valence-electron chi connectivity index (χ0n) is 19.8. The van der Waals surface area contributed by atoms with Crippen LogP contribution in [0, 0.1) is 24.0 Å². The molecule has 0 atom stereocenters. The van der Waals surface area contributed by atoms with Crippen molar-refractivity contribution in [2.75, 3.05) is 12.0 Å². The van der Waals surface area contributed by atoms with Crippen molar-refractivity contribution in [3.63, 3.8) is 0 Å². The van der Waals surface area contributed by atoms with Gasteiger partial charge in [0.15, 0.2) is 20.7 Å². The van der Waals surface area contributed by atoms with Crippen LogP contribution in [0.2, 0.25) is 0 Å². The summed E-state index contributed by atoms with van der Waals surface area (Å²) in [5, 5.41) is 11.3. The zero-order chi connectivity index (χ0) is 26.9. The minimum Gasteiger partial charge on any atom is -0.493 e. The molecule has 0 saturated carbocycles. The first-order valence-corrected chi connectivity index (χ1v) is 13.4. The van der Waals surface area contributed by atoms with Gasteiger partial charge in [-0.25, -0.2) is 0 Å². The smallest absolute Gasteiger partial charge is 0.346 e. The number of nitro benzene ring substituents is 1. The number of thiocarbonyl (C=S) groups is 1. The van der Waals surface area contributed by atoms with Crippen LogP contribution in [-0.2, 0) is 14.9 Å². The molecule has 0 bridgehead atoms. The molecule has 1 saturated heterocycles. The van der Waals surface area contributed by atoms with Crippen molar-refractivity contribution in [2.45, 2.75) is 18.7 Å². The van der Waals surface area contributed by atoms with Crippen LogP contribution in [0.1, 0.15) is 16.7 Å². The summed E-state index contributed by atoms with van der Waals surface area (Å²) in [5.74, 6) is -0.387. The molecule has 1 fully saturated rings. The van der Waals surface area contributed by atoms with Crippen molar-refractivity contribution in [1.29, 1.82) is 0 Å². The number of nitrogens with zero attached hydrogens (tertiary/aromatic N) is 2. The number of nitro groups is 1. The average molecular weight is 557 g/mol. The molecule has 0 spiro atoms. The van der Waals surface area contributed by atoms with E-state index in [1.165, 1.54) is 42.3 Å². The number of ether oxygens (including phenoxy) is 1. The van der Waals surface area contributed by atoms with Gasteiger partial charge in [0, 0.05) is 6.07 Å². The van der Waals surface area contributed by atoms with E-state index in [2.05, 4.69) is 0 Å². The number of benzene rings is 3. The fraction of sp³-hybridized carbons (Fsp3) is 0.120. The van der Waals surface area contributed by atoms with Crippen molar-refractivity contribution in [1.82, 2.24) is 0 Å². The molecule has 3 aromatic carbocycles. The Morgan fingerprint density at radius 1 is 1.05 bits per heavy atom. The van der Waals surface area contributed by atoms with Gasteiger partial charge < -0.3 is 8.92 Å². The monoisotopic (exact) mass is 556 g/mol. The second kappa shape index (κ2) is 10.3. The Kier molecular flexibility index (Phi) is 7.35. The van der Waals surface area contributed by atoms with E-state index in [0.717, 1.165) is 35.0 Å². The molecule has 9 nitrogen and oxygen atoms in total. The van der Waals surface area contributed by atoms with E-state index < -0.39 is 25.6 Å². The summed E-state index contributed by atoms with van der Waals surface area (Å²) in [6.07, 6.45) is 1.62. The third-order valence-electron chi connectivity index (χ3n) is 5.40. The van der Waals surface area contributed by atoms with Crippen molar-refractivity contribution < 1.29 is 27.1 Å². The van der Waals surface area contributed by atoms with Gasteiger partial charge in [0.05, 0.1) is 22.6 Å². The molecule has 0 unspecified atom stereocenters. The summed E-state index contributed by atoms with van der Waals surface area (Å²) >= 11 is 6.61. The number of amides is 1. The summed E-state index contributed by atoms with van der Waals surface area (Å²) in [4.78, 5) is 24.9. The van der Waals surface area contributed by atoms with E-state index in [0.29, 0.717) is 20.5 Å². The van der Waals surface area contributed by atoms with Crippen LogP contribution in [0.25, 0.3) is 6.08 Å². The highest BCUT2D eigenvalue weighted by Gasteiger charge is 2.34. The highest BCUT2D eigenvalue weighted by molar-refractivity contribution is 8.27. The van der Waals surface area contributed by atoms with Gasteiger partial charge in [-0.05, 0) is 55.3 Å². The Balaban J connectivity index is 1.63. The number of carbonyl (C=O) groups excluding carboxylic acids is 1. The molecule has 1 aliphatic rings. The van der Waals surface area contributed by atoms with Crippen molar-refractivity contribution in [2.24, 2.45) is 0 Å². The molecule has 3 aromatic rings. The van der Waals surface area contributed by atoms with Gasteiger partial charge in [-0.15, -0.1) is 0 Å². The fourth-order valence-electron chi connectivity index (χ4n) is 3.71. The lowest BCUT2D eigenvalue weighted by molar-refractivity contribution is -0.387. The number of hydrogen-bond acceptors (Lipinski definition) is 9. The van der Waals surface area contributed by atoms with E-state index in [-0.39, 0.29) is 17.4 Å². The van der Waals surface area contributed by atoms with E-state index in [4.69, 9.17) is 21.1 Å². The van der Waals surface area contributed by atoms with Gasteiger partial charge in [-0.3, -0.25) is 19.8 Å². The summed E-state index contributed by atoms with van der Waals surface area (Å²) in [6, 6.07) is 15.0. The minimum atomic E-state index is -4.54. The predicted molar refractivity (Wildman–Crippen MR) is 145 cm³/mol. The lowest BCUT2D eigenvalue weighted by Gasteiger charge is -2.17. The molecule has 12 heteroatoms. The molecule has 0 aromatic heterocycles. The van der Waals surface area contributed by atoms with E-state index in [9.17, 15) is 23.3 Å². The first-order valence-electron chi connectivity index (χ1n) is 10.7. The third kappa shape index (κ3) is 5.36. The maximum Gasteiger partial charge on any atom is 0.346 e. The van der Waals surface area contributed by atoms with Crippen molar-refractivity contribution in [3.8, 4) is 11.5 Å². The third-order valence-corrected chi connectivity index (χ3v) is 7.99. The Bertz CT molecular complexity index is 1580. The molecule has 1 heterocycles. The number of carbonyl (C=O) groups is 1. The Labute approximate surface area is 223 Å². The molecular formula is C25H20N2O7S3. The number of aryl methyl sites for hydroxylation is 2. The highest BCUT2D eigenvalue weighted by Crippen LogP contribution is 2.39. The number of para-hydroxylation sites is 1. The largest absolute Gasteiger partial charge is 0.493 e.